The van der Waals surface area contributed by atoms with E-state index in [-0.39, 0.29) is 24.1 Å². The molecular weight excluding hydrogens is 314 g/mol. The first-order chi connectivity index (χ1) is 11.4. The average molecular weight is 333 g/mol. The molecule has 8 nitrogen and oxygen atoms in total. The molecule has 0 aliphatic carbocycles. The number of amides is 1. The Bertz CT molecular complexity index is 741. The van der Waals surface area contributed by atoms with Gasteiger partial charge in [0, 0.05) is 11.8 Å². The van der Waals surface area contributed by atoms with Crippen LogP contribution in [0, 0.1) is 0 Å². The number of carbonyl (C=O) groups is 2. The van der Waals surface area contributed by atoms with Crippen LogP contribution in [0.4, 0.5) is 0 Å². The van der Waals surface area contributed by atoms with Gasteiger partial charge in [-0.05, 0) is 25.1 Å². The van der Waals surface area contributed by atoms with Crippen LogP contribution < -0.4 is 14.8 Å². The van der Waals surface area contributed by atoms with E-state index in [2.05, 4.69) is 10.4 Å². The zero-order valence-corrected chi connectivity index (χ0v) is 13.6. The highest BCUT2D eigenvalue weighted by molar-refractivity contribution is 5.87. The molecule has 0 spiro atoms. The Hall–Kier alpha value is -3.03. The standard InChI is InChI=1S/C16H19N3O5/c1-10(13-6-12(23-2)4-5-14(13)24-3)18-15(20)9-19-8-11(7-17-19)16(21)22/h4-8,10H,9H2,1-3H3,(H,18,20)(H,21,22)/t10-/m0/s1. The fourth-order valence-electron chi connectivity index (χ4n) is 2.25. The summed E-state index contributed by atoms with van der Waals surface area (Å²) in [5, 5.41) is 15.5. The number of aromatic carboxylic acids is 1. The Balaban J connectivity index is 2.06. The van der Waals surface area contributed by atoms with Crippen LogP contribution in [-0.4, -0.2) is 41.0 Å². The SMILES string of the molecule is COc1ccc(OC)c([C@H](C)NC(=O)Cn2cc(C(=O)O)cn2)c1. The number of methoxy groups -OCH3 is 2. The number of rotatable bonds is 7. The van der Waals surface area contributed by atoms with Crippen LogP contribution in [0.25, 0.3) is 0 Å². The normalized spacial score (nSPS) is 11.6. The zero-order valence-electron chi connectivity index (χ0n) is 13.6. The molecule has 24 heavy (non-hydrogen) atoms. The minimum Gasteiger partial charge on any atom is -0.497 e. The van der Waals surface area contributed by atoms with Gasteiger partial charge in [0.15, 0.2) is 0 Å². The van der Waals surface area contributed by atoms with Gasteiger partial charge < -0.3 is 19.9 Å². The van der Waals surface area contributed by atoms with Gasteiger partial charge >= 0.3 is 5.97 Å². The third-order valence-electron chi connectivity index (χ3n) is 3.47. The Morgan fingerprint density at radius 2 is 2.08 bits per heavy atom. The molecule has 1 amide bonds. The summed E-state index contributed by atoms with van der Waals surface area (Å²) < 4.78 is 11.8. The van der Waals surface area contributed by atoms with Gasteiger partial charge in [-0.3, -0.25) is 9.48 Å². The van der Waals surface area contributed by atoms with E-state index in [9.17, 15) is 9.59 Å². The van der Waals surface area contributed by atoms with Crippen molar-refractivity contribution in [3.8, 4) is 11.5 Å². The number of carboxylic acid groups (broad SMARTS) is 1. The number of carboxylic acids is 1. The van der Waals surface area contributed by atoms with E-state index in [4.69, 9.17) is 14.6 Å². The fourth-order valence-corrected chi connectivity index (χ4v) is 2.25. The van der Waals surface area contributed by atoms with Crippen LogP contribution in [-0.2, 0) is 11.3 Å². The summed E-state index contributed by atoms with van der Waals surface area (Å²) in [4.78, 5) is 23.0. The third kappa shape index (κ3) is 4.03. The molecule has 0 bridgehead atoms. The van der Waals surface area contributed by atoms with Crippen molar-refractivity contribution >= 4 is 11.9 Å². The summed E-state index contributed by atoms with van der Waals surface area (Å²) in [5.74, 6) is -0.0931. The van der Waals surface area contributed by atoms with Crippen LogP contribution in [0.2, 0.25) is 0 Å². The number of hydrogen-bond donors (Lipinski definition) is 2. The van der Waals surface area contributed by atoms with E-state index < -0.39 is 5.97 Å². The average Bonchev–Trinajstić information content (AvgIpc) is 3.02. The van der Waals surface area contributed by atoms with Crippen molar-refractivity contribution in [3.05, 3.63) is 41.7 Å². The lowest BCUT2D eigenvalue weighted by Gasteiger charge is -2.18. The second-order valence-electron chi connectivity index (χ2n) is 5.13. The van der Waals surface area contributed by atoms with Gasteiger partial charge in [0.05, 0.1) is 32.0 Å². The molecule has 0 saturated heterocycles. The van der Waals surface area contributed by atoms with E-state index in [0.717, 1.165) is 5.56 Å². The fraction of sp³-hybridized carbons (Fsp3) is 0.312. The van der Waals surface area contributed by atoms with Crippen molar-refractivity contribution < 1.29 is 24.2 Å². The number of hydrogen-bond acceptors (Lipinski definition) is 5. The molecule has 1 heterocycles. The minimum atomic E-state index is -1.09. The molecule has 2 aromatic rings. The van der Waals surface area contributed by atoms with Crippen molar-refractivity contribution in [2.75, 3.05) is 14.2 Å². The van der Waals surface area contributed by atoms with Gasteiger partial charge in [0.1, 0.15) is 18.0 Å². The first-order valence-electron chi connectivity index (χ1n) is 7.21. The van der Waals surface area contributed by atoms with E-state index in [1.807, 2.05) is 6.92 Å². The summed E-state index contributed by atoms with van der Waals surface area (Å²) in [6.45, 7) is 1.74. The molecule has 0 aliphatic rings. The van der Waals surface area contributed by atoms with Crippen molar-refractivity contribution in [3.63, 3.8) is 0 Å². The molecule has 8 heteroatoms. The summed E-state index contributed by atoms with van der Waals surface area (Å²) >= 11 is 0. The van der Waals surface area contributed by atoms with Crippen molar-refractivity contribution in [1.29, 1.82) is 0 Å². The summed E-state index contributed by atoms with van der Waals surface area (Å²) in [6.07, 6.45) is 2.50. The molecular formula is C16H19N3O5. The Morgan fingerprint density at radius 1 is 1.33 bits per heavy atom. The van der Waals surface area contributed by atoms with Crippen molar-refractivity contribution in [2.45, 2.75) is 19.5 Å². The Labute approximate surface area is 139 Å². The molecule has 0 unspecified atom stereocenters. The van der Waals surface area contributed by atoms with Crippen LogP contribution in [0.3, 0.4) is 0 Å². The quantitative estimate of drug-likeness (QED) is 0.795. The first-order valence-corrected chi connectivity index (χ1v) is 7.21. The molecule has 1 atom stereocenters. The van der Waals surface area contributed by atoms with E-state index in [1.165, 1.54) is 17.1 Å². The molecule has 2 rings (SSSR count). The highest BCUT2D eigenvalue weighted by Gasteiger charge is 2.16. The monoisotopic (exact) mass is 333 g/mol. The van der Waals surface area contributed by atoms with Gasteiger partial charge in [0.2, 0.25) is 5.91 Å². The highest BCUT2D eigenvalue weighted by Crippen LogP contribution is 2.29. The second kappa shape index (κ2) is 7.49. The lowest BCUT2D eigenvalue weighted by atomic mass is 10.1. The van der Waals surface area contributed by atoms with E-state index >= 15 is 0 Å². The topological polar surface area (TPSA) is 103 Å². The van der Waals surface area contributed by atoms with Crippen LogP contribution in [0.15, 0.2) is 30.6 Å². The predicted molar refractivity (Wildman–Crippen MR) is 85.3 cm³/mol. The van der Waals surface area contributed by atoms with Crippen LogP contribution in [0.1, 0.15) is 28.9 Å². The van der Waals surface area contributed by atoms with Crippen LogP contribution in [0.5, 0.6) is 11.5 Å². The number of ether oxygens (including phenoxy) is 2. The number of aromatic nitrogens is 2. The van der Waals surface area contributed by atoms with Gasteiger partial charge in [-0.25, -0.2) is 4.79 Å². The molecule has 0 fully saturated rings. The molecule has 2 N–H and O–H groups in total. The maximum atomic E-state index is 12.1. The molecule has 1 aromatic heterocycles. The largest absolute Gasteiger partial charge is 0.497 e. The number of nitrogens with zero attached hydrogens (tertiary/aromatic N) is 2. The van der Waals surface area contributed by atoms with Gasteiger partial charge in [0.25, 0.3) is 0 Å². The van der Waals surface area contributed by atoms with E-state index in [0.29, 0.717) is 11.5 Å². The molecule has 0 saturated carbocycles. The summed E-state index contributed by atoms with van der Waals surface area (Å²) in [7, 11) is 3.11. The summed E-state index contributed by atoms with van der Waals surface area (Å²) in [5.41, 5.74) is 0.808. The maximum Gasteiger partial charge on any atom is 0.338 e. The summed E-state index contributed by atoms with van der Waals surface area (Å²) in [6, 6.07) is 5.01. The lowest BCUT2D eigenvalue weighted by Crippen LogP contribution is -2.30. The van der Waals surface area contributed by atoms with E-state index in [1.54, 1.807) is 32.4 Å². The number of carbonyl (C=O) groups excluding carboxylic acids is 1. The number of nitrogens with one attached hydrogen (secondary N) is 1. The zero-order chi connectivity index (χ0) is 17.7. The highest BCUT2D eigenvalue weighted by atomic mass is 16.5. The van der Waals surface area contributed by atoms with Crippen molar-refractivity contribution in [1.82, 2.24) is 15.1 Å². The Kier molecular flexibility index (Phi) is 5.41. The molecule has 0 aliphatic heterocycles. The molecule has 128 valence electrons. The van der Waals surface area contributed by atoms with Gasteiger partial charge in [-0.2, -0.15) is 5.10 Å². The van der Waals surface area contributed by atoms with Gasteiger partial charge in [-0.15, -0.1) is 0 Å². The smallest absolute Gasteiger partial charge is 0.338 e. The lowest BCUT2D eigenvalue weighted by molar-refractivity contribution is -0.122. The number of benzene rings is 1. The minimum absolute atomic E-state index is 0.0327. The molecule has 0 radical (unpaired) electrons. The first kappa shape index (κ1) is 17.3. The third-order valence-corrected chi connectivity index (χ3v) is 3.47. The maximum absolute atomic E-state index is 12.1. The van der Waals surface area contributed by atoms with Crippen LogP contribution >= 0.6 is 0 Å². The van der Waals surface area contributed by atoms with Crippen molar-refractivity contribution in [2.24, 2.45) is 0 Å². The Morgan fingerprint density at radius 3 is 2.67 bits per heavy atom. The molecule has 1 aromatic carbocycles. The predicted octanol–water partition coefficient (Wildman–Crippen LogP) is 1.48. The second-order valence-corrected chi connectivity index (χ2v) is 5.13. The van der Waals surface area contributed by atoms with Gasteiger partial charge in [-0.1, -0.05) is 0 Å².